The number of nitrogens with one attached hydrogen (secondary N) is 4. The molecule has 0 fully saturated rings. The van der Waals surface area contributed by atoms with Gasteiger partial charge in [-0.25, -0.2) is 4.79 Å². The summed E-state index contributed by atoms with van der Waals surface area (Å²) in [5, 5.41) is 18.1. The molecule has 180 valence electrons. The van der Waals surface area contributed by atoms with E-state index in [1.807, 2.05) is 24.3 Å². The number of carboxylic acid groups (broad SMARTS) is 1. The molecule has 33 heavy (non-hydrogen) atoms. The number of aromatic nitrogens is 1. The van der Waals surface area contributed by atoms with Crippen molar-refractivity contribution in [1.29, 1.82) is 0 Å². The van der Waals surface area contributed by atoms with Crippen molar-refractivity contribution in [3.05, 3.63) is 36.0 Å². The molecule has 0 aliphatic carbocycles. The van der Waals surface area contributed by atoms with E-state index in [1.54, 1.807) is 20.0 Å². The molecule has 2 aromatic rings. The van der Waals surface area contributed by atoms with Gasteiger partial charge in [-0.1, -0.05) is 32.0 Å². The van der Waals surface area contributed by atoms with E-state index in [0.29, 0.717) is 0 Å². The van der Waals surface area contributed by atoms with Gasteiger partial charge in [0.2, 0.25) is 17.7 Å². The van der Waals surface area contributed by atoms with Crippen molar-refractivity contribution >= 4 is 47.2 Å². The minimum absolute atomic E-state index is 0.0675. The van der Waals surface area contributed by atoms with E-state index in [-0.39, 0.29) is 18.1 Å². The Bertz CT molecular complexity index is 1010. The molecule has 0 aliphatic heterocycles. The number of H-pyrrole nitrogens is 1. The number of fused-ring (bicyclic) bond motifs is 1. The lowest BCUT2D eigenvalue weighted by Gasteiger charge is -2.25. The maximum absolute atomic E-state index is 12.7. The van der Waals surface area contributed by atoms with Gasteiger partial charge in [0, 0.05) is 29.3 Å². The van der Waals surface area contributed by atoms with Gasteiger partial charge >= 0.3 is 5.97 Å². The van der Waals surface area contributed by atoms with Crippen LogP contribution in [-0.4, -0.2) is 63.7 Å². The van der Waals surface area contributed by atoms with Crippen molar-refractivity contribution in [3.63, 3.8) is 0 Å². The molecule has 2 rings (SSSR count). The van der Waals surface area contributed by atoms with Crippen LogP contribution in [0.4, 0.5) is 0 Å². The first-order valence-corrected chi connectivity index (χ1v) is 11.2. The molecule has 7 N–H and O–H groups in total. The van der Waals surface area contributed by atoms with E-state index in [0.717, 1.165) is 16.5 Å². The fourth-order valence-corrected chi connectivity index (χ4v) is 3.43. The van der Waals surface area contributed by atoms with Gasteiger partial charge in [0.1, 0.15) is 18.1 Å². The summed E-state index contributed by atoms with van der Waals surface area (Å²) in [5.74, 6) is -3.11. The van der Waals surface area contributed by atoms with Crippen molar-refractivity contribution < 1.29 is 24.3 Å². The van der Waals surface area contributed by atoms with E-state index in [9.17, 15) is 24.3 Å². The Morgan fingerprint density at radius 2 is 1.70 bits per heavy atom. The Balaban J connectivity index is 2.03. The van der Waals surface area contributed by atoms with Crippen LogP contribution in [0.5, 0.6) is 0 Å². The van der Waals surface area contributed by atoms with Gasteiger partial charge in [0.05, 0.1) is 6.04 Å². The maximum atomic E-state index is 12.7. The number of carboxylic acids is 1. The molecule has 4 unspecified atom stereocenters. The molecular formula is C22H31N5O5S. The SMILES string of the molecule is CC(NC(=O)C(NC(=O)C(N)CS)C(C)C)C(=O)NC(Cc1c[nH]c2ccccc12)C(=O)O. The number of benzene rings is 1. The van der Waals surface area contributed by atoms with Crippen molar-refractivity contribution in [2.24, 2.45) is 11.7 Å². The van der Waals surface area contributed by atoms with Crippen LogP contribution in [0.15, 0.2) is 30.5 Å². The first-order valence-electron chi connectivity index (χ1n) is 10.6. The Kier molecular flexibility index (Phi) is 9.30. The summed E-state index contributed by atoms with van der Waals surface area (Å²) in [6, 6.07) is 3.44. The lowest BCUT2D eigenvalue weighted by Crippen LogP contribution is -2.58. The van der Waals surface area contributed by atoms with Crippen LogP contribution in [0.2, 0.25) is 0 Å². The van der Waals surface area contributed by atoms with Crippen molar-refractivity contribution in [2.75, 3.05) is 5.75 Å². The Hall–Kier alpha value is -3.05. The summed E-state index contributed by atoms with van der Waals surface area (Å²) >= 11 is 3.97. The highest BCUT2D eigenvalue weighted by Crippen LogP contribution is 2.19. The zero-order valence-corrected chi connectivity index (χ0v) is 19.7. The van der Waals surface area contributed by atoms with Gasteiger partial charge in [0.15, 0.2) is 0 Å². The number of aliphatic carboxylic acids is 1. The lowest BCUT2D eigenvalue weighted by molar-refractivity contribution is -0.142. The minimum atomic E-state index is -1.19. The van der Waals surface area contributed by atoms with Crippen LogP contribution in [0.25, 0.3) is 10.9 Å². The molecular weight excluding hydrogens is 446 g/mol. The molecule has 0 bridgehead atoms. The zero-order valence-electron chi connectivity index (χ0n) is 18.8. The summed E-state index contributed by atoms with van der Waals surface area (Å²) in [6.45, 7) is 4.92. The van der Waals surface area contributed by atoms with Crippen molar-refractivity contribution in [1.82, 2.24) is 20.9 Å². The number of rotatable bonds is 11. The van der Waals surface area contributed by atoms with E-state index >= 15 is 0 Å². The monoisotopic (exact) mass is 477 g/mol. The van der Waals surface area contributed by atoms with Gasteiger partial charge in [-0.3, -0.25) is 14.4 Å². The molecule has 0 radical (unpaired) electrons. The number of amides is 3. The molecule has 4 atom stereocenters. The number of nitrogens with two attached hydrogens (primary N) is 1. The predicted molar refractivity (Wildman–Crippen MR) is 128 cm³/mol. The van der Waals surface area contributed by atoms with Crippen LogP contribution in [0.3, 0.4) is 0 Å². The number of carbonyl (C=O) groups is 4. The largest absolute Gasteiger partial charge is 0.480 e. The Morgan fingerprint density at radius 3 is 2.30 bits per heavy atom. The standard InChI is InChI=1S/C22H31N5O5S/c1-11(2)18(27-20(29)15(23)10-33)21(30)25-12(3)19(28)26-17(22(31)32)8-13-9-24-16-7-5-4-6-14(13)16/h4-7,9,11-12,15,17-18,24,33H,8,10,23H2,1-3H3,(H,25,30)(H,26,28)(H,27,29)(H,31,32). The van der Waals surface area contributed by atoms with Gasteiger partial charge in [0.25, 0.3) is 0 Å². The van der Waals surface area contributed by atoms with Crippen LogP contribution in [0.1, 0.15) is 26.3 Å². The first-order chi connectivity index (χ1) is 15.5. The Labute approximate surface area is 197 Å². The van der Waals surface area contributed by atoms with Gasteiger partial charge in [-0.15, -0.1) is 0 Å². The third kappa shape index (κ3) is 6.96. The molecule has 11 heteroatoms. The molecule has 0 saturated heterocycles. The normalized spacial score (nSPS) is 14.8. The highest BCUT2D eigenvalue weighted by Gasteiger charge is 2.30. The van der Waals surface area contributed by atoms with Gasteiger partial charge in [-0.05, 0) is 24.5 Å². The summed E-state index contributed by atoms with van der Waals surface area (Å²) in [7, 11) is 0. The van der Waals surface area contributed by atoms with E-state index in [1.165, 1.54) is 6.92 Å². The second-order valence-electron chi connectivity index (χ2n) is 8.21. The quantitative estimate of drug-likeness (QED) is 0.228. The number of carbonyl (C=O) groups excluding carboxylic acids is 3. The van der Waals surface area contributed by atoms with Crippen LogP contribution in [-0.2, 0) is 25.6 Å². The smallest absolute Gasteiger partial charge is 0.326 e. The van der Waals surface area contributed by atoms with Crippen LogP contribution < -0.4 is 21.7 Å². The minimum Gasteiger partial charge on any atom is -0.480 e. The number of hydrogen-bond donors (Lipinski definition) is 7. The van der Waals surface area contributed by atoms with Crippen molar-refractivity contribution in [3.8, 4) is 0 Å². The second kappa shape index (κ2) is 11.7. The Morgan fingerprint density at radius 1 is 1.03 bits per heavy atom. The summed E-state index contributed by atoms with van der Waals surface area (Å²) in [6.07, 6.45) is 1.78. The number of aromatic amines is 1. The fraction of sp³-hybridized carbons (Fsp3) is 0.455. The molecule has 0 saturated carbocycles. The highest BCUT2D eigenvalue weighted by molar-refractivity contribution is 7.80. The number of thiol groups is 1. The third-order valence-corrected chi connectivity index (χ3v) is 5.64. The fourth-order valence-electron chi connectivity index (χ4n) is 3.26. The maximum Gasteiger partial charge on any atom is 0.326 e. The summed E-state index contributed by atoms with van der Waals surface area (Å²) in [4.78, 5) is 52.2. The second-order valence-corrected chi connectivity index (χ2v) is 8.58. The highest BCUT2D eigenvalue weighted by atomic mass is 32.1. The first kappa shape index (κ1) is 26.2. The topological polar surface area (TPSA) is 166 Å². The van der Waals surface area contributed by atoms with E-state index in [4.69, 9.17) is 5.73 Å². The molecule has 1 aromatic carbocycles. The third-order valence-electron chi connectivity index (χ3n) is 5.25. The van der Waals surface area contributed by atoms with E-state index in [2.05, 4.69) is 33.6 Å². The number of hydrogen-bond acceptors (Lipinski definition) is 6. The van der Waals surface area contributed by atoms with E-state index < -0.39 is 47.9 Å². The molecule has 10 nitrogen and oxygen atoms in total. The number of para-hydroxylation sites is 1. The molecule has 1 heterocycles. The summed E-state index contributed by atoms with van der Waals surface area (Å²) < 4.78 is 0. The molecule has 0 spiro atoms. The van der Waals surface area contributed by atoms with Crippen molar-refractivity contribution in [2.45, 2.75) is 51.4 Å². The summed E-state index contributed by atoms with van der Waals surface area (Å²) in [5.41, 5.74) is 7.26. The van der Waals surface area contributed by atoms with Gasteiger partial charge in [-0.2, -0.15) is 12.6 Å². The molecule has 1 aromatic heterocycles. The lowest BCUT2D eigenvalue weighted by atomic mass is 10.0. The zero-order chi connectivity index (χ0) is 24.7. The predicted octanol–water partition coefficient (Wildman–Crippen LogP) is 0.182. The molecule has 0 aliphatic rings. The molecule has 3 amide bonds. The van der Waals surface area contributed by atoms with Gasteiger partial charge < -0.3 is 31.8 Å². The van der Waals surface area contributed by atoms with Crippen LogP contribution >= 0.6 is 12.6 Å². The average molecular weight is 478 g/mol. The van der Waals surface area contributed by atoms with Crippen LogP contribution in [0, 0.1) is 5.92 Å². The average Bonchev–Trinajstić information content (AvgIpc) is 3.18.